The highest BCUT2D eigenvalue weighted by Crippen LogP contribution is 1.82. The van der Waals surface area contributed by atoms with Gasteiger partial charge in [0.05, 0.1) is 0 Å². The topological polar surface area (TPSA) is 0 Å². The van der Waals surface area contributed by atoms with Gasteiger partial charge in [0.2, 0.25) is 0 Å². The Bertz CT molecular complexity index is 47.1. The molecule has 0 rings (SSSR count). The van der Waals surface area contributed by atoms with Crippen molar-refractivity contribution in [2.45, 2.75) is 85.6 Å². The monoisotopic (exact) mass is 210 g/mol. The molecule has 0 aromatic carbocycles. The lowest BCUT2D eigenvalue weighted by atomic mass is 10.3. The highest BCUT2D eigenvalue weighted by molar-refractivity contribution is 4.88. The second kappa shape index (κ2) is 78.2. The summed E-state index contributed by atoms with van der Waals surface area (Å²) in [5.41, 5.74) is 1.38. The lowest BCUT2D eigenvalue weighted by molar-refractivity contribution is 1.09. The maximum absolute atomic E-state index is 2.12. The van der Waals surface area contributed by atoms with Gasteiger partial charge < -0.3 is 0 Å². The van der Waals surface area contributed by atoms with E-state index in [2.05, 4.69) is 33.8 Å². The maximum atomic E-state index is 2.12. The summed E-state index contributed by atoms with van der Waals surface area (Å²) in [7, 11) is 0. The molecule has 0 aromatic heterocycles. The first-order valence-electron chi connectivity index (χ1n) is 3.28. The number of allylic oxidation sites excluding steroid dienone is 2. The molecular weight excluding hydrogens is 168 g/mol. The van der Waals surface area contributed by atoms with Crippen molar-refractivity contribution in [1.29, 1.82) is 0 Å². The van der Waals surface area contributed by atoms with Crippen LogP contribution in [0.3, 0.4) is 0 Å². The first kappa shape index (κ1) is 67.7. The molecule has 0 nitrogen and oxygen atoms in total. The van der Waals surface area contributed by atoms with Crippen LogP contribution >= 0.6 is 0 Å². The molecule has 0 spiro atoms. The zero-order valence-corrected chi connectivity index (χ0v) is 6.78. The van der Waals surface area contributed by atoms with E-state index in [0.29, 0.717) is 0 Å². The highest BCUT2D eigenvalue weighted by Gasteiger charge is 1.60. The molecule has 98 valence electrons. The minimum Gasteiger partial charge on any atom is -0.0890 e. The molecule has 0 fully saturated rings. The summed E-state index contributed by atoms with van der Waals surface area (Å²) in [6, 6.07) is 0. The second-order valence-electron chi connectivity index (χ2n) is 2.07. The lowest BCUT2D eigenvalue weighted by Crippen LogP contribution is -1.52. The lowest BCUT2D eigenvalue weighted by Gasteiger charge is -1.74. The average molecular weight is 210 g/mol. The summed E-state index contributed by atoms with van der Waals surface area (Å²) < 4.78 is 0. The Labute approximate surface area is 97.8 Å². The van der Waals surface area contributed by atoms with Crippen molar-refractivity contribution in [2.24, 2.45) is 0 Å². The van der Waals surface area contributed by atoms with Crippen LogP contribution in [-0.4, -0.2) is 0 Å². The van der Waals surface area contributed by atoms with Crippen molar-refractivity contribution in [2.75, 3.05) is 0 Å². The fourth-order valence-corrected chi connectivity index (χ4v) is 0. The van der Waals surface area contributed by atoms with E-state index < -0.39 is 0 Å². The fraction of sp³-hybridized carbons (Fsp3) is 0.857. The predicted molar refractivity (Wildman–Crippen MR) is 81.5 cm³/mol. The van der Waals surface area contributed by atoms with E-state index >= 15 is 0 Å². The van der Waals surface area contributed by atoms with Gasteiger partial charge in [-0.1, -0.05) is 76.5 Å². The molecule has 0 N–H and O–H groups in total. The van der Waals surface area contributed by atoms with Gasteiger partial charge in [-0.25, -0.2) is 0 Å². The van der Waals surface area contributed by atoms with Gasteiger partial charge in [0, 0.05) is 0 Å². The molecule has 0 aliphatic carbocycles. The summed E-state index contributed by atoms with van der Waals surface area (Å²) in [5.74, 6) is 0. The van der Waals surface area contributed by atoms with Crippen LogP contribution in [0.2, 0.25) is 0 Å². The Morgan fingerprint density at radius 1 is 0.786 bits per heavy atom. The molecular formula is C14H42. The predicted octanol–water partition coefficient (Wildman–Crippen LogP) is 7.21. The van der Waals surface area contributed by atoms with Crippen LogP contribution in [-0.2, 0) is 0 Å². The molecule has 0 saturated heterocycles. The van der Waals surface area contributed by atoms with Gasteiger partial charge in [-0.2, -0.15) is 0 Å². The third-order valence-electron chi connectivity index (χ3n) is 0.577. The molecule has 0 bridgehead atoms. The molecule has 0 unspecified atom stereocenters. The summed E-state index contributed by atoms with van der Waals surface area (Å²) in [6.45, 7) is 10.5. The van der Waals surface area contributed by atoms with Crippen LogP contribution in [0.15, 0.2) is 11.6 Å². The second-order valence-corrected chi connectivity index (χ2v) is 2.07. The molecule has 14 heavy (non-hydrogen) atoms. The molecule has 0 heteroatoms. The van der Waals surface area contributed by atoms with Crippen molar-refractivity contribution in [3.05, 3.63) is 11.6 Å². The quantitative estimate of drug-likeness (QED) is 0.371. The SMILES string of the molecule is C.C.C.C.C.C.CC=C(C)C.CCC. The van der Waals surface area contributed by atoms with Crippen molar-refractivity contribution in [3.63, 3.8) is 0 Å². The number of hydrogen-bond donors (Lipinski definition) is 0. The molecule has 0 aliphatic heterocycles. The molecule has 0 radical (unpaired) electrons. The first-order valence-corrected chi connectivity index (χ1v) is 3.28. The van der Waals surface area contributed by atoms with Crippen LogP contribution in [0.5, 0.6) is 0 Å². The standard InChI is InChI=1S/C5H10.C3H8.6CH4/c1-4-5(2)3;1-3-2;;;;;;/h4H,1-3H3;3H2,1-2H3;6*1H4. The average Bonchev–Trinajstić information content (AvgIpc) is 1.69. The van der Waals surface area contributed by atoms with Gasteiger partial charge in [-0.05, 0) is 20.8 Å². The van der Waals surface area contributed by atoms with E-state index in [1.165, 1.54) is 12.0 Å². The Morgan fingerprint density at radius 2 is 0.857 bits per heavy atom. The minimum atomic E-state index is 0. The largest absolute Gasteiger partial charge is 0.0890 e. The normalized spacial score (nSPS) is 3.79. The zero-order chi connectivity index (χ0) is 6.99. The van der Waals surface area contributed by atoms with Crippen LogP contribution in [0, 0.1) is 0 Å². The Balaban J connectivity index is -0.00000000626. The summed E-state index contributed by atoms with van der Waals surface area (Å²) in [6.07, 6.45) is 3.33. The summed E-state index contributed by atoms with van der Waals surface area (Å²) >= 11 is 0. The first-order chi connectivity index (χ1) is 3.68. The van der Waals surface area contributed by atoms with Crippen molar-refractivity contribution in [3.8, 4) is 0 Å². The van der Waals surface area contributed by atoms with Crippen molar-refractivity contribution in [1.82, 2.24) is 0 Å². The molecule has 0 saturated carbocycles. The zero-order valence-electron chi connectivity index (χ0n) is 6.78. The van der Waals surface area contributed by atoms with Gasteiger partial charge in [-0.3, -0.25) is 0 Å². The third kappa shape index (κ3) is 447. The Kier molecular flexibility index (Phi) is 378. The highest BCUT2D eigenvalue weighted by atomic mass is 13.7. The van der Waals surface area contributed by atoms with E-state index in [4.69, 9.17) is 0 Å². The fourth-order valence-electron chi connectivity index (χ4n) is 0. The van der Waals surface area contributed by atoms with Gasteiger partial charge >= 0.3 is 0 Å². The number of hydrogen-bond acceptors (Lipinski definition) is 0. The van der Waals surface area contributed by atoms with E-state index in [0.717, 1.165) is 0 Å². The van der Waals surface area contributed by atoms with Gasteiger partial charge in [0.25, 0.3) is 0 Å². The summed E-state index contributed by atoms with van der Waals surface area (Å²) in [5, 5.41) is 0. The molecule has 0 atom stereocenters. The minimum absolute atomic E-state index is 0. The van der Waals surface area contributed by atoms with Gasteiger partial charge in [0.1, 0.15) is 0 Å². The van der Waals surface area contributed by atoms with Crippen molar-refractivity contribution >= 4 is 0 Å². The van der Waals surface area contributed by atoms with Gasteiger partial charge in [-0.15, -0.1) is 0 Å². The van der Waals surface area contributed by atoms with Crippen LogP contribution in [0.25, 0.3) is 0 Å². The van der Waals surface area contributed by atoms with Crippen LogP contribution in [0.4, 0.5) is 0 Å². The third-order valence-corrected chi connectivity index (χ3v) is 0.577. The Morgan fingerprint density at radius 3 is 0.857 bits per heavy atom. The van der Waals surface area contributed by atoms with E-state index in [-0.39, 0.29) is 44.6 Å². The van der Waals surface area contributed by atoms with E-state index in [1.807, 2.05) is 6.92 Å². The maximum Gasteiger partial charge on any atom is -0.0442 e. The van der Waals surface area contributed by atoms with Crippen molar-refractivity contribution < 1.29 is 0 Å². The molecule has 0 amide bonds. The van der Waals surface area contributed by atoms with Crippen LogP contribution < -0.4 is 0 Å². The number of rotatable bonds is 0. The molecule has 0 heterocycles. The van der Waals surface area contributed by atoms with E-state index in [9.17, 15) is 0 Å². The van der Waals surface area contributed by atoms with Gasteiger partial charge in [0.15, 0.2) is 0 Å². The molecule has 0 aliphatic rings. The summed E-state index contributed by atoms with van der Waals surface area (Å²) in [4.78, 5) is 0. The molecule has 0 aromatic rings. The Hall–Kier alpha value is -0.260. The smallest absolute Gasteiger partial charge is 0.0442 e. The van der Waals surface area contributed by atoms with Crippen LogP contribution in [0.1, 0.15) is 85.6 Å². The van der Waals surface area contributed by atoms with E-state index in [1.54, 1.807) is 0 Å².